The van der Waals surface area contributed by atoms with Gasteiger partial charge in [-0.05, 0) is 80.7 Å². The summed E-state index contributed by atoms with van der Waals surface area (Å²) in [6, 6.07) is 14.9. The van der Waals surface area contributed by atoms with Crippen LogP contribution in [0.25, 0.3) is 32.8 Å². The third-order valence-corrected chi connectivity index (χ3v) is 12.3. The Morgan fingerprint density at radius 1 is 0.952 bits per heavy atom. The number of H-pyrrole nitrogens is 2. The Kier molecular flexibility index (Phi) is 11.6. The van der Waals surface area contributed by atoms with E-state index in [1.165, 1.54) is 29.4 Å². The molecule has 9 rings (SSSR count). The number of carboxylic acid groups (broad SMARTS) is 1. The first kappa shape index (κ1) is 42.8. The number of fused-ring (bicyclic) bond motifs is 5. The number of amides is 3. The highest BCUT2D eigenvalue weighted by Crippen LogP contribution is 2.49. The standard InChI is InChI=1S/C43H40ClF3N6O8.ClH/c1-59-30-7-5-6-22-18-32(60-37(22)30)39(54)48-25-8-9-27-23(16-25)17-28(49-27)40(55)53-21-24(20-44)33-29(53)19-31(36-34(33)35(41(56)57)38(50-36)43(45,46)47)61-42(58)52-14-10-26(11-15-52)51-12-3-2-4-13-51;/h5-9,16-19,24,26,49-50H,2-4,10-15,20-21H2,1H3,(H,48,54)(H,56,57);1H/p-1/t24-;/m1./s1. The van der Waals surface area contributed by atoms with Gasteiger partial charge < -0.3 is 53.8 Å². The van der Waals surface area contributed by atoms with Crippen LogP contribution in [0, 0.1) is 0 Å². The van der Waals surface area contributed by atoms with Gasteiger partial charge in [0.25, 0.3) is 11.8 Å². The second-order valence-corrected chi connectivity index (χ2v) is 15.9. The molecule has 19 heteroatoms. The highest BCUT2D eigenvalue weighted by molar-refractivity contribution is 6.20. The molecule has 3 aromatic heterocycles. The number of aromatic nitrogens is 2. The van der Waals surface area contributed by atoms with Gasteiger partial charge in [0.05, 0.1) is 24.3 Å². The Balaban J connectivity index is 0.00000529. The molecule has 6 heterocycles. The van der Waals surface area contributed by atoms with Crippen molar-refractivity contribution in [3.8, 4) is 11.5 Å². The maximum absolute atomic E-state index is 14.5. The zero-order valence-electron chi connectivity index (χ0n) is 33.2. The van der Waals surface area contributed by atoms with Gasteiger partial charge in [0.15, 0.2) is 22.8 Å². The van der Waals surface area contributed by atoms with Gasteiger partial charge in [-0.3, -0.25) is 9.59 Å². The van der Waals surface area contributed by atoms with Crippen molar-refractivity contribution in [3.63, 3.8) is 0 Å². The van der Waals surface area contributed by atoms with Crippen LogP contribution in [0.3, 0.4) is 0 Å². The van der Waals surface area contributed by atoms with Crippen LogP contribution in [0.2, 0.25) is 0 Å². The average molecular weight is 897 g/mol. The molecule has 3 aromatic carbocycles. The van der Waals surface area contributed by atoms with Gasteiger partial charge in [-0.15, -0.1) is 24.0 Å². The largest absolute Gasteiger partial charge is 0.545 e. The Labute approximate surface area is 362 Å². The number of carboxylic acids is 1. The number of methoxy groups -OCH3 is 1. The van der Waals surface area contributed by atoms with E-state index in [2.05, 4.69) is 20.2 Å². The first-order valence-corrected chi connectivity index (χ1v) is 20.5. The average Bonchev–Trinajstić information content (AvgIpc) is 4.06. The number of aromatic carboxylic acids is 1. The molecule has 0 radical (unpaired) electrons. The molecule has 6 aromatic rings. The van der Waals surface area contributed by atoms with E-state index in [0.29, 0.717) is 65.3 Å². The van der Waals surface area contributed by atoms with Crippen LogP contribution in [-0.2, 0) is 6.18 Å². The molecule has 0 unspecified atom stereocenters. The van der Waals surface area contributed by atoms with Gasteiger partial charge in [-0.1, -0.05) is 18.6 Å². The summed E-state index contributed by atoms with van der Waals surface area (Å²) in [7, 11) is 1.50. The fourth-order valence-corrected chi connectivity index (χ4v) is 9.30. The van der Waals surface area contributed by atoms with Crippen molar-refractivity contribution < 1.29 is 51.3 Å². The Morgan fingerprint density at radius 3 is 2.40 bits per heavy atom. The summed E-state index contributed by atoms with van der Waals surface area (Å²) >= 11 is 6.40. The number of hydrogen-bond acceptors (Lipinski definition) is 9. The topological polar surface area (TPSA) is 176 Å². The van der Waals surface area contributed by atoms with Crippen LogP contribution < -0.4 is 24.8 Å². The summed E-state index contributed by atoms with van der Waals surface area (Å²) in [6.45, 7) is 2.57. The van der Waals surface area contributed by atoms with E-state index in [1.807, 2.05) is 0 Å². The summed E-state index contributed by atoms with van der Waals surface area (Å²) in [5.41, 5.74) is -1.65. The second kappa shape index (κ2) is 16.8. The lowest BCUT2D eigenvalue weighted by Gasteiger charge is -2.39. The van der Waals surface area contributed by atoms with Gasteiger partial charge in [0, 0.05) is 76.5 Å². The minimum Gasteiger partial charge on any atom is -0.545 e. The zero-order chi connectivity index (χ0) is 42.7. The van der Waals surface area contributed by atoms with Crippen LogP contribution in [0.1, 0.15) is 80.7 Å². The summed E-state index contributed by atoms with van der Waals surface area (Å²) in [5.74, 6) is -4.13. The van der Waals surface area contributed by atoms with E-state index >= 15 is 0 Å². The lowest BCUT2D eigenvalue weighted by molar-refractivity contribution is -0.255. The molecular weight excluding hydrogens is 856 g/mol. The predicted octanol–water partition coefficient (Wildman–Crippen LogP) is 7.89. The van der Waals surface area contributed by atoms with Crippen molar-refractivity contribution in [2.45, 2.75) is 50.2 Å². The maximum Gasteiger partial charge on any atom is 0.431 e. The van der Waals surface area contributed by atoms with E-state index in [1.54, 1.807) is 48.5 Å². The molecule has 3 aliphatic rings. The number of anilines is 2. The van der Waals surface area contributed by atoms with Crippen molar-refractivity contribution in [1.82, 2.24) is 19.8 Å². The maximum atomic E-state index is 14.5. The van der Waals surface area contributed by atoms with E-state index in [0.717, 1.165) is 25.9 Å². The lowest BCUT2D eigenvalue weighted by Crippen LogP contribution is -2.48. The number of para-hydroxylation sites is 1. The molecule has 14 nitrogen and oxygen atoms in total. The van der Waals surface area contributed by atoms with Crippen molar-refractivity contribution in [1.29, 1.82) is 0 Å². The Morgan fingerprint density at radius 2 is 1.71 bits per heavy atom. The number of nitrogens with zero attached hydrogens (tertiary/aromatic N) is 3. The van der Waals surface area contributed by atoms with Crippen molar-refractivity contribution in [2.75, 3.05) is 55.9 Å². The van der Waals surface area contributed by atoms with E-state index in [-0.39, 0.29) is 58.8 Å². The molecule has 326 valence electrons. The molecule has 2 saturated heterocycles. The molecule has 0 bridgehead atoms. The summed E-state index contributed by atoms with van der Waals surface area (Å²) in [4.78, 5) is 64.3. The zero-order valence-corrected chi connectivity index (χ0v) is 34.7. The number of rotatable bonds is 8. The normalized spacial score (nSPS) is 17.3. The lowest BCUT2D eigenvalue weighted by atomic mass is 9.95. The van der Waals surface area contributed by atoms with Crippen LogP contribution in [0.5, 0.6) is 11.5 Å². The number of furan rings is 1. The van der Waals surface area contributed by atoms with E-state index in [9.17, 15) is 37.5 Å². The van der Waals surface area contributed by atoms with E-state index in [4.69, 9.17) is 25.5 Å². The number of hydrogen-bond donors (Lipinski definition) is 3. The van der Waals surface area contributed by atoms with Crippen molar-refractivity contribution in [3.05, 3.63) is 82.9 Å². The molecule has 0 aliphatic carbocycles. The number of likely N-dealkylation sites (tertiary alicyclic amines) is 2. The van der Waals surface area contributed by atoms with Crippen LogP contribution in [0.15, 0.2) is 59.0 Å². The van der Waals surface area contributed by atoms with Gasteiger partial charge in [-0.25, -0.2) is 4.79 Å². The molecule has 62 heavy (non-hydrogen) atoms. The first-order chi connectivity index (χ1) is 29.3. The number of carbonyl (C=O) groups is 4. The smallest absolute Gasteiger partial charge is 0.431 e. The number of alkyl halides is 4. The van der Waals surface area contributed by atoms with Crippen LogP contribution in [-0.4, -0.2) is 95.4 Å². The predicted molar refractivity (Wildman–Crippen MR) is 225 cm³/mol. The first-order valence-electron chi connectivity index (χ1n) is 19.9. The molecule has 3 amide bonds. The summed E-state index contributed by atoms with van der Waals surface area (Å²) in [6.07, 6.45) is -1.17. The molecule has 0 saturated carbocycles. The quantitative estimate of drug-likeness (QED) is 0.128. The van der Waals surface area contributed by atoms with E-state index < -0.39 is 52.6 Å². The molecular formula is C43H40Cl2F3N6O8-. The number of carbonyl (C=O) groups excluding carboxylic acids is 4. The SMILES string of the molecule is COc1cccc2cc(C(=O)Nc3ccc4[nH]c(C(=O)N5C[C@@H](CCl)c6c5cc(OC(=O)N5CCC(N7CCCCC7)CC5)c5[nH]c(C(F)(F)F)c(C(=O)[O-])c65)cc4c3)oc12.Cl. The highest BCUT2D eigenvalue weighted by atomic mass is 35.5. The third-order valence-electron chi connectivity index (χ3n) is 12.0. The Bertz CT molecular complexity index is 2730. The van der Waals surface area contributed by atoms with Gasteiger partial charge in [0.2, 0.25) is 0 Å². The van der Waals surface area contributed by atoms with Gasteiger partial charge in [0.1, 0.15) is 11.4 Å². The summed E-state index contributed by atoms with van der Waals surface area (Å²) < 4.78 is 60.3. The minimum absolute atomic E-state index is 0. The fraction of sp³-hybridized carbons (Fsp3) is 0.349. The van der Waals surface area contributed by atoms with Crippen LogP contribution in [0.4, 0.5) is 29.3 Å². The van der Waals surface area contributed by atoms with Crippen LogP contribution >= 0.6 is 24.0 Å². The molecule has 0 spiro atoms. The van der Waals surface area contributed by atoms with Crippen molar-refractivity contribution in [2.24, 2.45) is 0 Å². The number of nitrogens with one attached hydrogen (secondary N) is 3. The number of aromatic amines is 2. The minimum atomic E-state index is -5.16. The Hall–Kier alpha value is -5.91. The molecule has 3 N–H and O–H groups in total. The number of benzene rings is 3. The van der Waals surface area contributed by atoms with Gasteiger partial charge >= 0.3 is 12.3 Å². The molecule has 3 aliphatic heterocycles. The molecule has 2 fully saturated rings. The second-order valence-electron chi connectivity index (χ2n) is 15.6. The highest BCUT2D eigenvalue weighted by Gasteiger charge is 2.43. The van der Waals surface area contributed by atoms with Crippen molar-refractivity contribution >= 4 is 92.0 Å². The number of piperidine rings is 2. The fourth-order valence-electron chi connectivity index (χ4n) is 9.05. The summed E-state index contributed by atoms with van der Waals surface area (Å²) in [5, 5.41) is 16.2. The monoisotopic (exact) mass is 895 g/mol. The number of ether oxygens (including phenoxy) is 2. The number of halogens is 5. The third kappa shape index (κ3) is 7.66. The van der Waals surface area contributed by atoms with Gasteiger partial charge in [-0.2, -0.15) is 13.2 Å². The molecule has 1 atom stereocenters.